The van der Waals surface area contributed by atoms with Crippen LogP contribution in [-0.4, -0.2) is 16.7 Å². The van der Waals surface area contributed by atoms with Gasteiger partial charge < -0.3 is 4.98 Å². The zero-order valence-electron chi connectivity index (χ0n) is 11.3. The minimum absolute atomic E-state index is 0.848. The Morgan fingerprint density at radius 2 is 2.37 bits per heavy atom. The highest BCUT2D eigenvalue weighted by Crippen LogP contribution is 2.26. The van der Waals surface area contributed by atoms with Crippen molar-refractivity contribution in [3.8, 4) is 0 Å². The Bertz CT molecular complexity index is 620. The van der Waals surface area contributed by atoms with Crippen molar-refractivity contribution in [3.05, 3.63) is 48.3 Å². The highest BCUT2D eigenvalue weighted by atomic mass is 14.8. The van der Waals surface area contributed by atoms with Gasteiger partial charge in [-0.15, -0.1) is 0 Å². The number of H-pyrrole nitrogens is 1. The molecular weight excluding hydrogens is 234 g/mol. The quantitative estimate of drug-likeness (QED) is 0.603. The molecule has 0 radical (unpaired) electrons. The van der Waals surface area contributed by atoms with Crippen LogP contribution in [0.4, 0.5) is 0 Å². The molecule has 3 heteroatoms. The number of rotatable bonds is 6. The second-order valence-corrected chi connectivity index (χ2v) is 4.55. The maximum Gasteiger partial charge on any atom is 0.137 e. The molecular formula is C16H19N3. The summed E-state index contributed by atoms with van der Waals surface area (Å²) in [5.41, 5.74) is 3.82. The average molecular weight is 253 g/mol. The Labute approximate surface area is 113 Å². The lowest BCUT2D eigenvalue weighted by Gasteiger charge is -2.02. The van der Waals surface area contributed by atoms with Crippen LogP contribution in [0.1, 0.15) is 31.7 Å². The summed E-state index contributed by atoms with van der Waals surface area (Å²) in [5, 5.41) is 1.06. The summed E-state index contributed by atoms with van der Waals surface area (Å²) in [7, 11) is 0. The van der Waals surface area contributed by atoms with Crippen LogP contribution < -0.4 is 0 Å². The molecule has 0 spiro atoms. The molecule has 0 aliphatic heterocycles. The van der Waals surface area contributed by atoms with Gasteiger partial charge in [-0.25, -0.2) is 4.98 Å². The van der Waals surface area contributed by atoms with Crippen LogP contribution in [0.5, 0.6) is 0 Å². The number of nitrogens with one attached hydrogen (secondary N) is 1. The molecule has 19 heavy (non-hydrogen) atoms. The van der Waals surface area contributed by atoms with Gasteiger partial charge >= 0.3 is 0 Å². The summed E-state index contributed by atoms with van der Waals surface area (Å²) >= 11 is 0. The third kappa shape index (κ3) is 2.99. The fourth-order valence-electron chi connectivity index (χ4n) is 2.05. The summed E-state index contributed by atoms with van der Waals surface area (Å²) in [6.07, 6.45) is 9.02. The molecule has 98 valence electrons. The van der Waals surface area contributed by atoms with Crippen LogP contribution >= 0.6 is 0 Å². The van der Waals surface area contributed by atoms with Crippen molar-refractivity contribution in [1.29, 1.82) is 0 Å². The molecule has 0 atom stereocenters. The van der Waals surface area contributed by atoms with E-state index in [0.717, 1.165) is 40.7 Å². The van der Waals surface area contributed by atoms with Crippen LogP contribution in [0.3, 0.4) is 0 Å². The number of pyridine rings is 1. The SMILES string of the molecule is C=N/C(=C\C(=C)CCCC)c1c[nH]c2ncccc12. The lowest BCUT2D eigenvalue weighted by molar-refractivity contribution is 0.799. The minimum atomic E-state index is 0.848. The van der Waals surface area contributed by atoms with E-state index in [1.54, 1.807) is 6.20 Å². The predicted molar refractivity (Wildman–Crippen MR) is 82.3 cm³/mol. The van der Waals surface area contributed by atoms with Gasteiger partial charge in [-0.1, -0.05) is 25.5 Å². The van der Waals surface area contributed by atoms with Crippen molar-refractivity contribution in [1.82, 2.24) is 9.97 Å². The molecule has 0 bridgehead atoms. The van der Waals surface area contributed by atoms with E-state index >= 15 is 0 Å². The summed E-state index contributed by atoms with van der Waals surface area (Å²) in [6.45, 7) is 9.92. The smallest absolute Gasteiger partial charge is 0.137 e. The summed E-state index contributed by atoms with van der Waals surface area (Å²) in [6, 6.07) is 3.95. The molecule has 2 aromatic heterocycles. The molecule has 0 saturated heterocycles. The first-order valence-corrected chi connectivity index (χ1v) is 6.55. The van der Waals surface area contributed by atoms with E-state index in [-0.39, 0.29) is 0 Å². The number of allylic oxidation sites excluding steroid dienone is 2. The molecule has 2 aromatic rings. The predicted octanol–water partition coefficient (Wildman–Crippen LogP) is 4.35. The first kappa shape index (κ1) is 13.3. The van der Waals surface area contributed by atoms with Crippen LogP contribution in [0.25, 0.3) is 16.7 Å². The van der Waals surface area contributed by atoms with E-state index in [1.165, 1.54) is 6.42 Å². The van der Waals surface area contributed by atoms with E-state index in [1.807, 2.05) is 24.4 Å². The number of hydrogen-bond donors (Lipinski definition) is 1. The van der Waals surface area contributed by atoms with Gasteiger partial charge in [0.15, 0.2) is 0 Å². The zero-order chi connectivity index (χ0) is 13.7. The zero-order valence-corrected chi connectivity index (χ0v) is 11.3. The van der Waals surface area contributed by atoms with Crippen LogP contribution in [0, 0.1) is 0 Å². The number of aliphatic imine (C=N–C) groups is 1. The molecule has 0 aliphatic carbocycles. The lowest BCUT2D eigenvalue weighted by Crippen LogP contribution is -1.83. The number of nitrogens with zero attached hydrogens (tertiary/aromatic N) is 2. The van der Waals surface area contributed by atoms with Crippen molar-refractivity contribution in [3.63, 3.8) is 0 Å². The van der Waals surface area contributed by atoms with Gasteiger partial charge in [0.25, 0.3) is 0 Å². The molecule has 0 fully saturated rings. The summed E-state index contributed by atoms with van der Waals surface area (Å²) in [5.74, 6) is 0. The Kier molecular flexibility index (Phi) is 4.29. The average Bonchev–Trinajstić information content (AvgIpc) is 2.86. The molecule has 2 heterocycles. The molecule has 0 aliphatic rings. The number of hydrogen-bond acceptors (Lipinski definition) is 2. The lowest BCUT2D eigenvalue weighted by atomic mass is 10.1. The van der Waals surface area contributed by atoms with Crippen molar-refractivity contribution >= 4 is 23.4 Å². The van der Waals surface area contributed by atoms with Gasteiger partial charge in [-0.3, -0.25) is 4.99 Å². The van der Waals surface area contributed by atoms with E-state index in [9.17, 15) is 0 Å². The normalized spacial score (nSPS) is 11.7. The topological polar surface area (TPSA) is 41.0 Å². The van der Waals surface area contributed by atoms with Gasteiger partial charge in [-0.05, 0) is 37.8 Å². The Morgan fingerprint density at radius 1 is 1.53 bits per heavy atom. The molecule has 0 aromatic carbocycles. The maximum atomic E-state index is 4.28. The van der Waals surface area contributed by atoms with Crippen LogP contribution in [0.15, 0.2) is 47.7 Å². The van der Waals surface area contributed by atoms with Crippen molar-refractivity contribution < 1.29 is 0 Å². The molecule has 2 rings (SSSR count). The van der Waals surface area contributed by atoms with Gasteiger partial charge in [0.05, 0.1) is 5.70 Å². The van der Waals surface area contributed by atoms with Crippen LogP contribution in [0.2, 0.25) is 0 Å². The molecule has 0 amide bonds. The van der Waals surface area contributed by atoms with Crippen molar-refractivity contribution in [2.24, 2.45) is 4.99 Å². The third-order valence-electron chi connectivity index (χ3n) is 3.09. The first-order valence-electron chi connectivity index (χ1n) is 6.55. The minimum Gasteiger partial charge on any atom is -0.345 e. The highest BCUT2D eigenvalue weighted by molar-refractivity contribution is 5.91. The second kappa shape index (κ2) is 6.14. The van der Waals surface area contributed by atoms with E-state index in [4.69, 9.17) is 0 Å². The highest BCUT2D eigenvalue weighted by Gasteiger charge is 2.08. The Morgan fingerprint density at radius 3 is 3.11 bits per heavy atom. The van der Waals surface area contributed by atoms with E-state index in [2.05, 4.69) is 35.2 Å². The summed E-state index contributed by atoms with van der Waals surface area (Å²) < 4.78 is 0. The second-order valence-electron chi connectivity index (χ2n) is 4.55. The van der Waals surface area contributed by atoms with Gasteiger partial charge in [-0.2, -0.15) is 0 Å². The third-order valence-corrected chi connectivity index (χ3v) is 3.09. The Hall–Kier alpha value is -2.16. The fourth-order valence-corrected chi connectivity index (χ4v) is 2.05. The van der Waals surface area contributed by atoms with E-state index in [0.29, 0.717) is 0 Å². The fraction of sp³-hybridized carbons (Fsp3) is 0.250. The molecule has 0 saturated carbocycles. The number of aromatic nitrogens is 2. The summed E-state index contributed by atoms with van der Waals surface area (Å²) in [4.78, 5) is 11.6. The Balaban J connectivity index is 2.34. The van der Waals surface area contributed by atoms with Gasteiger partial charge in [0.2, 0.25) is 0 Å². The van der Waals surface area contributed by atoms with Crippen LogP contribution in [-0.2, 0) is 0 Å². The van der Waals surface area contributed by atoms with E-state index < -0.39 is 0 Å². The van der Waals surface area contributed by atoms with Gasteiger partial charge in [0.1, 0.15) is 5.65 Å². The maximum absolute atomic E-state index is 4.28. The molecule has 1 N–H and O–H groups in total. The van der Waals surface area contributed by atoms with Gasteiger partial charge in [0, 0.05) is 23.3 Å². The molecule has 3 nitrogen and oxygen atoms in total. The van der Waals surface area contributed by atoms with Crippen molar-refractivity contribution in [2.75, 3.05) is 0 Å². The molecule has 0 unspecified atom stereocenters. The largest absolute Gasteiger partial charge is 0.345 e. The standard InChI is InChI=1S/C16H19N3/c1-4-5-7-12(2)10-15(17-3)14-11-19-16-13(14)8-6-9-18-16/h6,8-11H,2-5,7H2,1H3,(H,18,19)/b15-10-. The first-order chi connectivity index (χ1) is 9.26. The number of aromatic amines is 1. The number of fused-ring (bicyclic) bond motifs is 1. The van der Waals surface area contributed by atoms with Crippen molar-refractivity contribution in [2.45, 2.75) is 26.2 Å². The number of unbranched alkanes of at least 4 members (excludes halogenated alkanes) is 1. The monoisotopic (exact) mass is 253 g/mol.